The molecule has 0 aromatic heterocycles. The Kier molecular flexibility index (Phi) is 5.01. The van der Waals surface area contributed by atoms with Gasteiger partial charge in [0.25, 0.3) is 11.6 Å². The third kappa shape index (κ3) is 3.87. The lowest BCUT2D eigenvalue weighted by atomic mass is 9.84. The predicted octanol–water partition coefficient (Wildman–Crippen LogP) is 3.96. The van der Waals surface area contributed by atoms with Crippen molar-refractivity contribution in [3.8, 4) is 0 Å². The Bertz CT molecular complexity index is 730. The highest BCUT2D eigenvalue weighted by molar-refractivity contribution is 6.34. The molecule has 1 amide bonds. The number of amides is 1. The summed E-state index contributed by atoms with van der Waals surface area (Å²) in [5.74, 6) is -0.550. The van der Waals surface area contributed by atoms with E-state index in [1.54, 1.807) is 0 Å². The highest BCUT2D eigenvalue weighted by Crippen LogP contribution is 2.27. The number of halogens is 1. The van der Waals surface area contributed by atoms with Gasteiger partial charge in [0.05, 0.1) is 9.95 Å². The van der Waals surface area contributed by atoms with Gasteiger partial charge in [-0.1, -0.05) is 61.8 Å². The van der Waals surface area contributed by atoms with Crippen LogP contribution in [0.4, 0.5) is 5.69 Å². The molecule has 0 aliphatic rings. The van der Waals surface area contributed by atoms with Gasteiger partial charge in [-0.05, 0) is 11.6 Å². The van der Waals surface area contributed by atoms with Crippen molar-refractivity contribution in [3.63, 3.8) is 0 Å². The van der Waals surface area contributed by atoms with Gasteiger partial charge < -0.3 is 5.32 Å². The van der Waals surface area contributed by atoms with Crippen LogP contribution in [0.1, 0.15) is 29.8 Å². The smallest absolute Gasteiger partial charge is 0.283 e. The molecule has 0 bridgehead atoms. The molecule has 6 heteroatoms. The molecular weight excluding hydrogens is 316 g/mol. The van der Waals surface area contributed by atoms with E-state index in [0.717, 1.165) is 5.56 Å². The minimum atomic E-state index is -0.608. The van der Waals surface area contributed by atoms with Gasteiger partial charge in [0.2, 0.25) is 0 Å². The average molecular weight is 333 g/mol. The second-order valence-electron chi connectivity index (χ2n) is 5.82. The Balaban J connectivity index is 2.19. The summed E-state index contributed by atoms with van der Waals surface area (Å²) in [6.45, 7) is 4.31. The van der Waals surface area contributed by atoms with Gasteiger partial charge in [-0.2, -0.15) is 0 Å². The number of carbonyl (C=O) groups is 1. The average Bonchev–Trinajstić information content (AvgIpc) is 2.53. The summed E-state index contributed by atoms with van der Waals surface area (Å²) in [4.78, 5) is 22.8. The van der Waals surface area contributed by atoms with Crippen LogP contribution in [0.5, 0.6) is 0 Å². The normalized spacial score (nSPS) is 11.1. The highest BCUT2D eigenvalue weighted by atomic mass is 35.5. The van der Waals surface area contributed by atoms with Gasteiger partial charge in [-0.25, -0.2) is 0 Å². The summed E-state index contributed by atoms with van der Waals surface area (Å²) in [6, 6.07) is 13.9. The monoisotopic (exact) mass is 332 g/mol. The number of nitro groups is 1. The van der Waals surface area contributed by atoms with Crippen molar-refractivity contribution in [1.29, 1.82) is 0 Å². The Morgan fingerprint density at radius 2 is 1.83 bits per heavy atom. The number of benzene rings is 2. The van der Waals surface area contributed by atoms with Crippen molar-refractivity contribution in [2.24, 2.45) is 0 Å². The Hall–Kier alpha value is -2.40. The fraction of sp³-hybridized carbons (Fsp3) is 0.235. The van der Waals surface area contributed by atoms with E-state index in [4.69, 9.17) is 11.6 Å². The summed E-state index contributed by atoms with van der Waals surface area (Å²) in [6.07, 6.45) is 0. The molecule has 5 nitrogen and oxygen atoms in total. The van der Waals surface area contributed by atoms with E-state index in [2.05, 4.69) is 5.32 Å². The predicted molar refractivity (Wildman–Crippen MR) is 89.9 cm³/mol. The number of hydrogen-bond acceptors (Lipinski definition) is 3. The SMILES string of the molecule is CC(C)(CNC(=O)c1c(Cl)cccc1[N+](=O)[O-])c1ccccc1. The van der Waals surface area contributed by atoms with Crippen LogP contribution in [-0.2, 0) is 5.41 Å². The third-order valence-corrected chi connectivity index (χ3v) is 3.98. The van der Waals surface area contributed by atoms with Crippen molar-refractivity contribution in [2.45, 2.75) is 19.3 Å². The van der Waals surface area contributed by atoms with Crippen LogP contribution in [0, 0.1) is 10.1 Å². The Labute approximate surface area is 139 Å². The van der Waals surface area contributed by atoms with Gasteiger partial charge in [0.15, 0.2) is 0 Å². The summed E-state index contributed by atoms with van der Waals surface area (Å²) >= 11 is 5.97. The fourth-order valence-corrected chi connectivity index (χ4v) is 2.53. The van der Waals surface area contributed by atoms with E-state index in [1.807, 2.05) is 44.2 Å². The largest absolute Gasteiger partial charge is 0.351 e. The minimum absolute atomic E-state index is 0.0641. The van der Waals surface area contributed by atoms with Crippen LogP contribution in [-0.4, -0.2) is 17.4 Å². The second kappa shape index (κ2) is 6.79. The molecule has 2 rings (SSSR count). The van der Waals surface area contributed by atoms with Gasteiger partial charge in [0, 0.05) is 18.0 Å². The molecule has 0 atom stereocenters. The maximum atomic E-state index is 12.4. The van der Waals surface area contributed by atoms with E-state index in [-0.39, 0.29) is 21.7 Å². The Morgan fingerprint density at radius 3 is 2.43 bits per heavy atom. The van der Waals surface area contributed by atoms with Crippen molar-refractivity contribution < 1.29 is 9.72 Å². The van der Waals surface area contributed by atoms with Crippen molar-refractivity contribution in [3.05, 3.63) is 74.8 Å². The molecule has 23 heavy (non-hydrogen) atoms. The zero-order chi connectivity index (χ0) is 17.0. The molecule has 2 aromatic rings. The van der Waals surface area contributed by atoms with Gasteiger partial charge in [0.1, 0.15) is 5.56 Å². The van der Waals surface area contributed by atoms with Crippen LogP contribution in [0.3, 0.4) is 0 Å². The number of rotatable bonds is 5. The maximum Gasteiger partial charge on any atom is 0.283 e. The molecule has 0 spiro atoms. The van der Waals surface area contributed by atoms with Gasteiger partial charge >= 0.3 is 0 Å². The van der Waals surface area contributed by atoms with E-state index >= 15 is 0 Å². The van der Waals surface area contributed by atoms with E-state index < -0.39 is 10.8 Å². The summed E-state index contributed by atoms with van der Waals surface area (Å²) in [5.41, 5.74) is 0.344. The third-order valence-electron chi connectivity index (χ3n) is 3.66. The molecule has 1 N–H and O–H groups in total. The molecule has 0 heterocycles. The quantitative estimate of drug-likeness (QED) is 0.665. The van der Waals surface area contributed by atoms with E-state index in [9.17, 15) is 14.9 Å². The van der Waals surface area contributed by atoms with E-state index in [0.29, 0.717) is 6.54 Å². The first-order chi connectivity index (χ1) is 10.8. The zero-order valence-electron chi connectivity index (χ0n) is 12.9. The molecule has 2 aromatic carbocycles. The maximum absolute atomic E-state index is 12.4. The van der Waals surface area contributed by atoms with Crippen LogP contribution in [0.15, 0.2) is 48.5 Å². The molecule has 0 saturated carbocycles. The van der Waals surface area contributed by atoms with Gasteiger partial charge in [-0.3, -0.25) is 14.9 Å². The number of nitro benzene ring substituents is 1. The van der Waals surface area contributed by atoms with Crippen molar-refractivity contribution in [2.75, 3.05) is 6.54 Å². The first-order valence-electron chi connectivity index (χ1n) is 7.09. The molecule has 120 valence electrons. The number of carbonyl (C=O) groups excluding carboxylic acids is 1. The van der Waals surface area contributed by atoms with Gasteiger partial charge in [-0.15, -0.1) is 0 Å². The number of nitrogens with one attached hydrogen (secondary N) is 1. The fourth-order valence-electron chi connectivity index (χ4n) is 2.27. The standard InChI is InChI=1S/C17H17ClN2O3/c1-17(2,12-7-4-3-5-8-12)11-19-16(21)15-13(18)9-6-10-14(15)20(22)23/h3-10H,11H2,1-2H3,(H,19,21). The van der Waals surface area contributed by atoms with Crippen LogP contribution < -0.4 is 5.32 Å². The van der Waals surface area contributed by atoms with Crippen molar-refractivity contribution in [1.82, 2.24) is 5.32 Å². The summed E-state index contributed by atoms with van der Waals surface area (Å²) in [5, 5.41) is 13.9. The van der Waals surface area contributed by atoms with Crippen molar-refractivity contribution >= 4 is 23.2 Å². The second-order valence-corrected chi connectivity index (χ2v) is 6.23. The minimum Gasteiger partial charge on any atom is -0.351 e. The summed E-state index contributed by atoms with van der Waals surface area (Å²) in [7, 11) is 0. The number of nitrogens with zero attached hydrogens (tertiary/aromatic N) is 1. The molecule has 0 aliphatic heterocycles. The highest BCUT2D eigenvalue weighted by Gasteiger charge is 2.26. The Morgan fingerprint density at radius 1 is 1.17 bits per heavy atom. The lowest BCUT2D eigenvalue weighted by Crippen LogP contribution is -2.37. The van der Waals surface area contributed by atoms with Crippen LogP contribution in [0.2, 0.25) is 5.02 Å². The van der Waals surface area contributed by atoms with Crippen LogP contribution in [0.25, 0.3) is 0 Å². The molecular formula is C17H17ClN2O3. The molecule has 0 aliphatic carbocycles. The van der Waals surface area contributed by atoms with E-state index in [1.165, 1.54) is 18.2 Å². The summed E-state index contributed by atoms with van der Waals surface area (Å²) < 4.78 is 0. The zero-order valence-corrected chi connectivity index (χ0v) is 13.6. The molecule has 0 fully saturated rings. The lowest BCUT2D eigenvalue weighted by Gasteiger charge is -2.25. The lowest BCUT2D eigenvalue weighted by molar-refractivity contribution is -0.385. The molecule has 0 unspecified atom stereocenters. The topological polar surface area (TPSA) is 72.2 Å². The van der Waals surface area contributed by atoms with Crippen LogP contribution >= 0.6 is 11.6 Å². The number of hydrogen-bond donors (Lipinski definition) is 1. The molecule has 0 saturated heterocycles. The first kappa shape index (κ1) is 17.0. The molecule has 0 radical (unpaired) electrons. The first-order valence-corrected chi connectivity index (χ1v) is 7.47.